The van der Waals surface area contributed by atoms with E-state index in [0.29, 0.717) is 18.5 Å². The third-order valence-electron chi connectivity index (χ3n) is 2.49. The monoisotopic (exact) mass is 245 g/mol. The van der Waals surface area contributed by atoms with Gasteiger partial charge in [0.15, 0.2) is 0 Å². The first kappa shape index (κ1) is 13.4. The highest BCUT2D eigenvalue weighted by Gasteiger charge is 2.14. The average Bonchev–Trinajstić information content (AvgIpc) is 2.29. The van der Waals surface area contributed by atoms with Crippen LogP contribution < -0.4 is 5.32 Å². The van der Waals surface area contributed by atoms with Gasteiger partial charge in [-0.15, -0.1) is 0 Å². The highest BCUT2D eigenvalue weighted by Crippen LogP contribution is 2.25. The minimum absolute atomic E-state index is 0.0507. The summed E-state index contributed by atoms with van der Waals surface area (Å²) in [6, 6.07) is 4.98. The molecule has 0 saturated carbocycles. The molecule has 16 heavy (non-hydrogen) atoms. The van der Waals surface area contributed by atoms with E-state index >= 15 is 0 Å². The van der Waals surface area contributed by atoms with Crippen LogP contribution in [0.1, 0.15) is 31.4 Å². The molecule has 1 atom stereocenters. The first-order chi connectivity index (χ1) is 7.70. The fourth-order valence-corrected chi connectivity index (χ4v) is 1.80. The third kappa shape index (κ3) is 3.44. The van der Waals surface area contributed by atoms with Crippen molar-refractivity contribution in [1.82, 2.24) is 5.32 Å². The van der Waals surface area contributed by atoms with E-state index in [0.717, 1.165) is 6.42 Å². The van der Waals surface area contributed by atoms with Gasteiger partial charge < -0.3 is 10.4 Å². The molecular weight excluding hydrogens is 229 g/mol. The third-order valence-corrected chi connectivity index (χ3v) is 2.78. The van der Waals surface area contributed by atoms with Crippen molar-refractivity contribution in [3.8, 4) is 0 Å². The number of aliphatic hydroxyl groups is 1. The van der Waals surface area contributed by atoms with Gasteiger partial charge in [-0.3, -0.25) is 0 Å². The molecule has 1 rings (SSSR count). The molecule has 1 unspecified atom stereocenters. The summed E-state index contributed by atoms with van der Waals surface area (Å²) in [6.07, 6.45) is 1.45. The van der Waals surface area contributed by atoms with Gasteiger partial charge in [-0.2, -0.15) is 0 Å². The lowest BCUT2D eigenvalue weighted by Crippen LogP contribution is -2.23. The van der Waals surface area contributed by atoms with E-state index < -0.39 is 0 Å². The van der Waals surface area contributed by atoms with E-state index in [1.54, 1.807) is 18.2 Å². The molecule has 0 aliphatic carbocycles. The Bertz CT molecular complexity index is 333. The smallest absolute Gasteiger partial charge is 0.146 e. The van der Waals surface area contributed by atoms with Crippen molar-refractivity contribution in [3.63, 3.8) is 0 Å². The van der Waals surface area contributed by atoms with Crippen LogP contribution in [0.2, 0.25) is 5.02 Å². The molecule has 1 aromatic carbocycles. The molecule has 0 heterocycles. The molecule has 4 heteroatoms. The number of nitrogens with one attached hydrogen (secondary N) is 1. The summed E-state index contributed by atoms with van der Waals surface area (Å²) >= 11 is 5.73. The fraction of sp³-hybridized carbons (Fsp3) is 0.500. The van der Waals surface area contributed by atoms with Gasteiger partial charge in [0.1, 0.15) is 5.82 Å². The van der Waals surface area contributed by atoms with Gasteiger partial charge >= 0.3 is 0 Å². The zero-order valence-electron chi connectivity index (χ0n) is 9.34. The Balaban J connectivity index is 2.74. The molecular formula is C12H17ClFNO. The van der Waals surface area contributed by atoms with Crippen molar-refractivity contribution < 1.29 is 9.50 Å². The predicted molar refractivity (Wildman–Crippen MR) is 64.1 cm³/mol. The molecule has 0 aliphatic rings. The average molecular weight is 246 g/mol. The zero-order valence-corrected chi connectivity index (χ0v) is 10.1. The van der Waals surface area contributed by atoms with E-state index in [2.05, 4.69) is 5.32 Å². The second kappa shape index (κ2) is 6.84. The Kier molecular flexibility index (Phi) is 5.74. The van der Waals surface area contributed by atoms with Gasteiger partial charge in [0.05, 0.1) is 5.02 Å². The molecule has 0 aromatic heterocycles. The van der Waals surface area contributed by atoms with Crippen LogP contribution in [-0.4, -0.2) is 18.3 Å². The standard InChI is InChI=1S/C12H17ClFNO/c1-2-11(15-7-4-8-16)9-5-3-6-10(13)12(9)14/h3,5-6,11,15-16H,2,4,7-8H2,1H3. The normalized spacial score (nSPS) is 12.8. The Hall–Kier alpha value is -0.640. The SMILES string of the molecule is CCC(NCCCO)c1cccc(Cl)c1F. The second-order valence-electron chi connectivity index (χ2n) is 3.64. The molecule has 0 radical (unpaired) electrons. The van der Waals surface area contributed by atoms with Crippen LogP contribution in [0.3, 0.4) is 0 Å². The van der Waals surface area contributed by atoms with Gasteiger partial charge in [0, 0.05) is 18.2 Å². The van der Waals surface area contributed by atoms with Crippen molar-refractivity contribution in [2.24, 2.45) is 0 Å². The van der Waals surface area contributed by atoms with Crippen LogP contribution in [0.4, 0.5) is 4.39 Å². The minimum Gasteiger partial charge on any atom is -0.396 e. The Labute approximate surface area is 100 Å². The molecule has 0 bridgehead atoms. The Morgan fingerprint density at radius 1 is 1.50 bits per heavy atom. The van der Waals surface area contributed by atoms with Gasteiger partial charge in [-0.1, -0.05) is 30.7 Å². The number of hydrogen-bond donors (Lipinski definition) is 2. The van der Waals surface area contributed by atoms with Crippen molar-refractivity contribution >= 4 is 11.6 Å². The highest BCUT2D eigenvalue weighted by molar-refractivity contribution is 6.30. The molecule has 0 saturated heterocycles. The lowest BCUT2D eigenvalue weighted by Gasteiger charge is -2.18. The van der Waals surface area contributed by atoms with E-state index in [1.165, 1.54) is 0 Å². The molecule has 2 N–H and O–H groups in total. The topological polar surface area (TPSA) is 32.3 Å². The fourth-order valence-electron chi connectivity index (χ4n) is 1.62. The molecule has 0 fully saturated rings. The maximum atomic E-state index is 13.7. The van der Waals surface area contributed by atoms with E-state index in [4.69, 9.17) is 16.7 Å². The maximum absolute atomic E-state index is 13.7. The summed E-state index contributed by atoms with van der Waals surface area (Å²) in [5, 5.41) is 12.0. The maximum Gasteiger partial charge on any atom is 0.146 e. The van der Waals surface area contributed by atoms with Crippen LogP contribution in [0.15, 0.2) is 18.2 Å². The molecule has 2 nitrogen and oxygen atoms in total. The van der Waals surface area contributed by atoms with Crippen LogP contribution >= 0.6 is 11.6 Å². The van der Waals surface area contributed by atoms with Crippen molar-refractivity contribution in [2.45, 2.75) is 25.8 Å². The van der Waals surface area contributed by atoms with Gasteiger partial charge in [-0.25, -0.2) is 4.39 Å². The number of rotatable bonds is 6. The van der Waals surface area contributed by atoms with Crippen molar-refractivity contribution in [3.05, 3.63) is 34.6 Å². The largest absolute Gasteiger partial charge is 0.396 e. The summed E-state index contributed by atoms with van der Waals surface area (Å²) in [5.74, 6) is -0.354. The minimum atomic E-state index is -0.354. The summed E-state index contributed by atoms with van der Waals surface area (Å²) in [6.45, 7) is 2.79. The molecule has 1 aromatic rings. The number of halogens is 2. The first-order valence-electron chi connectivity index (χ1n) is 5.48. The van der Waals surface area contributed by atoms with Crippen molar-refractivity contribution in [1.29, 1.82) is 0 Å². The van der Waals surface area contributed by atoms with Crippen LogP contribution in [0.25, 0.3) is 0 Å². The number of aliphatic hydroxyl groups excluding tert-OH is 1. The van der Waals surface area contributed by atoms with Crippen LogP contribution in [-0.2, 0) is 0 Å². The second-order valence-corrected chi connectivity index (χ2v) is 4.04. The van der Waals surface area contributed by atoms with E-state index in [-0.39, 0.29) is 23.5 Å². The van der Waals surface area contributed by atoms with E-state index in [9.17, 15) is 4.39 Å². The Morgan fingerprint density at radius 2 is 2.25 bits per heavy atom. The summed E-state index contributed by atoms with van der Waals surface area (Å²) in [5.41, 5.74) is 0.591. The first-order valence-corrected chi connectivity index (χ1v) is 5.86. The number of hydrogen-bond acceptors (Lipinski definition) is 2. The summed E-state index contributed by atoms with van der Waals surface area (Å²) < 4.78 is 13.7. The van der Waals surface area contributed by atoms with Gasteiger partial charge in [-0.05, 0) is 25.5 Å². The molecule has 0 amide bonds. The summed E-state index contributed by atoms with van der Waals surface area (Å²) in [7, 11) is 0. The van der Waals surface area contributed by atoms with Crippen LogP contribution in [0, 0.1) is 5.82 Å². The van der Waals surface area contributed by atoms with Gasteiger partial charge in [0.25, 0.3) is 0 Å². The Morgan fingerprint density at radius 3 is 2.88 bits per heavy atom. The molecule has 90 valence electrons. The van der Waals surface area contributed by atoms with Gasteiger partial charge in [0.2, 0.25) is 0 Å². The van der Waals surface area contributed by atoms with Crippen molar-refractivity contribution in [2.75, 3.05) is 13.2 Å². The quantitative estimate of drug-likeness (QED) is 0.756. The lowest BCUT2D eigenvalue weighted by molar-refractivity contribution is 0.282. The highest BCUT2D eigenvalue weighted by atomic mass is 35.5. The van der Waals surface area contributed by atoms with Crippen LogP contribution in [0.5, 0.6) is 0 Å². The summed E-state index contributed by atoms with van der Waals surface area (Å²) in [4.78, 5) is 0. The molecule has 0 aliphatic heterocycles. The van der Waals surface area contributed by atoms with E-state index in [1.807, 2.05) is 6.92 Å². The number of benzene rings is 1. The predicted octanol–water partition coefficient (Wildman–Crippen LogP) is 2.90. The zero-order chi connectivity index (χ0) is 12.0. The molecule has 0 spiro atoms. The lowest BCUT2D eigenvalue weighted by atomic mass is 10.0.